The van der Waals surface area contributed by atoms with E-state index < -0.39 is 22.0 Å². The number of ether oxygens (including phenoxy) is 1. The summed E-state index contributed by atoms with van der Waals surface area (Å²) in [6.07, 6.45) is 1.50. The Labute approximate surface area is 188 Å². The van der Waals surface area contributed by atoms with Crippen molar-refractivity contribution in [1.29, 1.82) is 0 Å². The summed E-state index contributed by atoms with van der Waals surface area (Å²) in [7, 11) is -3.83. The van der Waals surface area contributed by atoms with E-state index >= 15 is 0 Å². The van der Waals surface area contributed by atoms with E-state index in [0.29, 0.717) is 36.5 Å². The average molecular weight is 458 g/mol. The zero-order valence-electron chi connectivity index (χ0n) is 18.1. The van der Waals surface area contributed by atoms with Gasteiger partial charge in [0.1, 0.15) is 5.75 Å². The Morgan fingerprint density at radius 2 is 1.97 bits per heavy atom. The quantitative estimate of drug-likeness (QED) is 0.718. The topological polar surface area (TPSA) is 105 Å². The number of nitrogens with one attached hydrogen (secondary N) is 2. The molecule has 2 aromatic carbocycles. The monoisotopic (exact) mass is 457 g/mol. The maximum Gasteiger partial charge on any atom is 0.265 e. The Bertz CT molecular complexity index is 1130. The van der Waals surface area contributed by atoms with Gasteiger partial charge in [-0.25, -0.2) is 8.42 Å². The maximum absolute atomic E-state index is 13.3. The minimum atomic E-state index is -3.83. The molecule has 32 heavy (non-hydrogen) atoms. The van der Waals surface area contributed by atoms with Crippen molar-refractivity contribution in [2.24, 2.45) is 5.92 Å². The van der Waals surface area contributed by atoms with Gasteiger partial charge in [-0.3, -0.25) is 9.59 Å². The normalized spacial score (nSPS) is 21.2. The summed E-state index contributed by atoms with van der Waals surface area (Å²) in [5.41, 5.74) is 2.21. The van der Waals surface area contributed by atoms with Gasteiger partial charge < -0.3 is 15.4 Å². The lowest BCUT2D eigenvalue weighted by atomic mass is 9.98. The summed E-state index contributed by atoms with van der Waals surface area (Å²) in [6.45, 7) is 4.14. The summed E-state index contributed by atoms with van der Waals surface area (Å²) >= 11 is 0. The first-order valence-electron chi connectivity index (χ1n) is 10.8. The van der Waals surface area contributed by atoms with Crippen molar-refractivity contribution >= 4 is 33.2 Å². The molecule has 9 heteroatoms. The smallest absolute Gasteiger partial charge is 0.265 e. The largest absolute Gasteiger partial charge is 0.479 e. The van der Waals surface area contributed by atoms with Crippen LogP contribution in [0.3, 0.4) is 0 Å². The number of carbonyl (C=O) groups excluding carboxylic acids is 2. The second-order valence-electron chi connectivity index (χ2n) is 8.15. The summed E-state index contributed by atoms with van der Waals surface area (Å²) < 4.78 is 33.4. The molecule has 8 nitrogen and oxygen atoms in total. The van der Waals surface area contributed by atoms with Crippen LogP contribution in [0.4, 0.5) is 11.4 Å². The number of fused-ring (bicyclic) bond motifs is 1. The fourth-order valence-electron chi connectivity index (χ4n) is 3.94. The number of nitrogens with zero attached hydrogens (tertiary/aromatic N) is 1. The second-order valence-corrected chi connectivity index (χ2v) is 10.1. The lowest BCUT2D eigenvalue weighted by Gasteiger charge is -2.31. The van der Waals surface area contributed by atoms with E-state index in [0.717, 1.165) is 6.42 Å². The lowest BCUT2D eigenvalue weighted by molar-refractivity contribution is -0.123. The van der Waals surface area contributed by atoms with Crippen molar-refractivity contribution in [3.05, 3.63) is 48.0 Å². The highest BCUT2D eigenvalue weighted by molar-refractivity contribution is 7.89. The standard InChI is InChI=1S/C23H27N3O5S/c1-3-16-6-8-18(9-7-16)24-23(28)17-5-4-12-26(14-17)32(29,30)19-10-11-21-20(13-19)25-22(27)15(2)31-21/h6-11,13,15,17H,3-5,12,14H2,1-2H3,(H,24,28)(H,25,27)/t15-,17+/m0/s1. The molecule has 2 amide bonds. The number of carbonyl (C=O) groups is 2. The molecule has 0 bridgehead atoms. The van der Waals surface area contributed by atoms with Crippen molar-refractivity contribution in [2.75, 3.05) is 23.7 Å². The van der Waals surface area contributed by atoms with Crippen LogP contribution in [-0.4, -0.2) is 43.7 Å². The van der Waals surface area contributed by atoms with Crippen molar-refractivity contribution in [3.8, 4) is 5.75 Å². The van der Waals surface area contributed by atoms with Gasteiger partial charge >= 0.3 is 0 Å². The summed E-state index contributed by atoms with van der Waals surface area (Å²) in [5, 5.41) is 5.58. The molecule has 170 valence electrons. The van der Waals surface area contributed by atoms with Crippen LogP contribution in [0.1, 0.15) is 32.3 Å². The van der Waals surface area contributed by atoms with Gasteiger partial charge in [-0.05, 0) is 62.1 Å². The van der Waals surface area contributed by atoms with E-state index in [1.165, 1.54) is 22.0 Å². The molecule has 0 radical (unpaired) electrons. The van der Waals surface area contributed by atoms with Gasteiger partial charge in [0.15, 0.2) is 6.10 Å². The van der Waals surface area contributed by atoms with Gasteiger partial charge in [-0.2, -0.15) is 4.31 Å². The van der Waals surface area contributed by atoms with Crippen LogP contribution in [0.2, 0.25) is 0 Å². The molecular weight excluding hydrogens is 430 g/mol. The number of benzene rings is 2. The fourth-order valence-corrected chi connectivity index (χ4v) is 5.49. The summed E-state index contributed by atoms with van der Waals surface area (Å²) in [4.78, 5) is 24.7. The van der Waals surface area contributed by atoms with Gasteiger partial charge in [0.25, 0.3) is 5.91 Å². The van der Waals surface area contributed by atoms with Crippen molar-refractivity contribution in [3.63, 3.8) is 0 Å². The first-order valence-corrected chi connectivity index (χ1v) is 12.2. The third kappa shape index (κ3) is 4.49. The van der Waals surface area contributed by atoms with Crippen LogP contribution in [0.15, 0.2) is 47.4 Å². The molecule has 0 unspecified atom stereocenters. The first kappa shape index (κ1) is 22.3. The zero-order chi connectivity index (χ0) is 22.9. The molecule has 2 N–H and O–H groups in total. The van der Waals surface area contributed by atoms with E-state index in [9.17, 15) is 18.0 Å². The maximum atomic E-state index is 13.3. The number of hydrogen-bond acceptors (Lipinski definition) is 5. The molecule has 2 aliphatic heterocycles. The van der Waals surface area contributed by atoms with Crippen LogP contribution < -0.4 is 15.4 Å². The number of hydrogen-bond donors (Lipinski definition) is 2. The zero-order valence-corrected chi connectivity index (χ0v) is 18.9. The van der Waals surface area contributed by atoms with Gasteiger partial charge in [-0.1, -0.05) is 19.1 Å². The first-order chi connectivity index (χ1) is 15.3. The Hall–Kier alpha value is -2.91. The number of aryl methyl sites for hydroxylation is 1. The third-order valence-electron chi connectivity index (χ3n) is 5.90. The van der Waals surface area contributed by atoms with Crippen LogP contribution in [0, 0.1) is 5.92 Å². The second kappa shape index (κ2) is 8.91. The molecule has 0 aliphatic carbocycles. The average Bonchev–Trinajstić information content (AvgIpc) is 2.80. The van der Waals surface area contributed by atoms with Crippen LogP contribution >= 0.6 is 0 Å². The molecule has 2 heterocycles. The van der Waals surface area contributed by atoms with E-state index in [2.05, 4.69) is 17.6 Å². The predicted octanol–water partition coefficient (Wildman–Crippen LogP) is 3.01. The number of amides is 2. The van der Waals surface area contributed by atoms with Gasteiger partial charge in [0.2, 0.25) is 15.9 Å². The van der Waals surface area contributed by atoms with Crippen LogP contribution in [-0.2, 0) is 26.0 Å². The minimum absolute atomic E-state index is 0.0610. The molecule has 2 aliphatic rings. The number of sulfonamides is 1. The fraction of sp³-hybridized carbons (Fsp3) is 0.391. The molecule has 0 spiro atoms. The minimum Gasteiger partial charge on any atom is -0.479 e. The molecule has 4 rings (SSSR count). The van der Waals surface area contributed by atoms with Crippen LogP contribution in [0.5, 0.6) is 5.75 Å². The molecule has 0 saturated carbocycles. The van der Waals surface area contributed by atoms with E-state index in [4.69, 9.17) is 4.74 Å². The third-order valence-corrected chi connectivity index (χ3v) is 7.77. The van der Waals surface area contributed by atoms with Gasteiger partial charge in [0, 0.05) is 18.8 Å². The van der Waals surface area contributed by atoms with Crippen molar-refractivity contribution in [1.82, 2.24) is 4.31 Å². The van der Waals surface area contributed by atoms with Gasteiger partial charge in [-0.15, -0.1) is 0 Å². The Balaban J connectivity index is 1.48. The van der Waals surface area contributed by atoms with Gasteiger partial charge in [0.05, 0.1) is 16.5 Å². The SMILES string of the molecule is CCc1ccc(NC(=O)[C@@H]2CCCN(S(=O)(=O)c3ccc4c(c3)NC(=O)[C@H](C)O4)C2)cc1. The number of anilines is 2. The molecule has 1 saturated heterocycles. The molecule has 1 fully saturated rings. The number of rotatable bonds is 5. The van der Waals surface area contributed by atoms with E-state index in [-0.39, 0.29) is 23.3 Å². The molecule has 0 aromatic heterocycles. The van der Waals surface area contributed by atoms with E-state index in [1.807, 2.05) is 24.3 Å². The Morgan fingerprint density at radius 1 is 1.22 bits per heavy atom. The van der Waals surface area contributed by atoms with Crippen LogP contribution in [0.25, 0.3) is 0 Å². The Morgan fingerprint density at radius 3 is 2.69 bits per heavy atom. The highest BCUT2D eigenvalue weighted by Gasteiger charge is 2.34. The number of piperidine rings is 1. The molecule has 2 aromatic rings. The predicted molar refractivity (Wildman–Crippen MR) is 121 cm³/mol. The van der Waals surface area contributed by atoms with Crippen molar-refractivity contribution < 1.29 is 22.7 Å². The highest BCUT2D eigenvalue weighted by Crippen LogP contribution is 2.33. The highest BCUT2D eigenvalue weighted by atomic mass is 32.2. The van der Waals surface area contributed by atoms with Crippen molar-refractivity contribution in [2.45, 2.75) is 44.1 Å². The molecule has 2 atom stereocenters. The summed E-state index contributed by atoms with van der Waals surface area (Å²) in [6, 6.07) is 12.1. The lowest BCUT2D eigenvalue weighted by Crippen LogP contribution is -2.43. The summed E-state index contributed by atoms with van der Waals surface area (Å²) in [5.74, 6) is -0.519. The Kier molecular flexibility index (Phi) is 6.21. The molecular formula is C23H27N3O5S. The van der Waals surface area contributed by atoms with E-state index in [1.54, 1.807) is 13.0 Å².